The van der Waals surface area contributed by atoms with Gasteiger partial charge in [-0.25, -0.2) is 18.6 Å². The molecule has 0 radical (unpaired) electrons. The van der Waals surface area contributed by atoms with Crippen LogP contribution in [0.3, 0.4) is 0 Å². The van der Waals surface area contributed by atoms with Crippen molar-refractivity contribution in [3.8, 4) is 0 Å². The molecule has 2 aromatic rings. The summed E-state index contributed by atoms with van der Waals surface area (Å²) in [7, 11) is 0. The molecule has 2 atom stereocenters. The lowest BCUT2D eigenvalue weighted by molar-refractivity contribution is -0.167. The van der Waals surface area contributed by atoms with Crippen molar-refractivity contribution in [2.24, 2.45) is 5.92 Å². The molecule has 0 unspecified atom stereocenters. The van der Waals surface area contributed by atoms with Crippen LogP contribution in [0.2, 0.25) is 0 Å². The van der Waals surface area contributed by atoms with Gasteiger partial charge < -0.3 is 14.8 Å². The summed E-state index contributed by atoms with van der Waals surface area (Å²) in [4.78, 5) is 16.2. The van der Waals surface area contributed by atoms with Crippen molar-refractivity contribution in [3.05, 3.63) is 53.6 Å². The Morgan fingerprint density at radius 3 is 2.71 bits per heavy atom. The van der Waals surface area contributed by atoms with Gasteiger partial charge in [0.25, 0.3) is 0 Å². The maximum atomic E-state index is 13.7. The van der Waals surface area contributed by atoms with Crippen molar-refractivity contribution in [1.29, 1.82) is 0 Å². The fourth-order valence-electron chi connectivity index (χ4n) is 4.16. The van der Waals surface area contributed by atoms with E-state index < -0.39 is 29.8 Å². The SMILES string of the molecule is Cc1nccn1CCCCc1ccccc1[C@@](O)(C(=O)O)[C@@H]1CCC(F)(F)C1. The Bertz CT molecular complexity index is 837. The van der Waals surface area contributed by atoms with Crippen molar-refractivity contribution in [2.45, 2.75) is 63.5 Å². The van der Waals surface area contributed by atoms with E-state index in [4.69, 9.17) is 0 Å². The van der Waals surface area contributed by atoms with Gasteiger partial charge in [-0.05, 0) is 43.7 Å². The zero-order valence-electron chi connectivity index (χ0n) is 15.9. The largest absolute Gasteiger partial charge is 0.479 e. The number of hydrogen-bond acceptors (Lipinski definition) is 3. The van der Waals surface area contributed by atoms with Gasteiger partial charge in [-0.1, -0.05) is 24.3 Å². The Morgan fingerprint density at radius 1 is 1.36 bits per heavy atom. The number of benzene rings is 1. The van der Waals surface area contributed by atoms with Crippen LogP contribution in [-0.2, 0) is 23.4 Å². The number of aliphatic hydroxyl groups is 1. The molecule has 1 aliphatic carbocycles. The quantitative estimate of drug-likeness (QED) is 0.668. The van der Waals surface area contributed by atoms with E-state index in [-0.39, 0.29) is 18.4 Å². The van der Waals surface area contributed by atoms with Gasteiger partial charge in [-0.3, -0.25) is 0 Å². The Balaban J connectivity index is 1.75. The molecule has 1 aliphatic rings. The molecule has 0 spiro atoms. The Hall–Kier alpha value is -2.28. The van der Waals surface area contributed by atoms with E-state index in [1.165, 1.54) is 0 Å². The second-order valence-corrected chi connectivity index (χ2v) is 7.65. The normalized spacial score (nSPS) is 20.8. The lowest BCUT2D eigenvalue weighted by Gasteiger charge is -2.32. The lowest BCUT2D eigenvalue weighted by atomic mass is 9.77. The highest BCUT2D eigenvalue weighted by Gasteiger charge is 2.54. The number of aromatic nitrogens is 2. The summed E-state index contributed by atoms with van der Waals surface area (Å²) in [6.07, 6.45) is 4.86. The van der Waals surface area contributed by atoms with Crippen LogP contribution in [0.5, 0.6) is 0 Å². The number of imidazole rings is 1. The molecule has 152 valence electrons. The van der Waals surface area contributed by atoms with E-state index in [1.807, 2.05) is 17.7 Å². The number of carbonyl (C=O) groups is 1. The number of rotatable bonds is 8. The molecule has 7 heteroatoms. The molecule has 1 fully saturated rings. The highest BCUT2D eigenvalue weighted by Crippen LogP contribution is 2.48. The van der Waals surface area contributed by atoms with E-state index in [2.05, 4.69) is 4.98 Å². The first kappa shape index (κ1) is 20.5. The molecule has 0 amide bonds. The van der Waals surface area contributed by atoms with Gasteiger partial charge in [0.15, 0.2) is 5.60 Å². The van der Waals surface area contributed by atoms with E-state index >= 15 is 0 Å². The maximum absolute atomic E-state index is 13.7. The first-order valence-electron chi connectivity index (χ1n) is 9.64. The number of carboxylic acids is 1. The topological polar surface area (TPSA) is 75.3 Å². The van der Waals surface area contributed by atoms with Crippen LogP contribution in [0.4, 0.5) is 8.78 Å². The highest BCUT2D eigenvalue weighted by atomic mass is 19.3. The minimum atomic E-state index is -2.92. The van der Waals surface area contributed by atoms with Gasteiger partial charge in [0.1, 0.15) is 5.82 Å². The van der Waals surface area contributed by atoms with Crippen LogP contribution < -0.4 is 0 Å². The Kier molecular flexibility index (Phi) is 5.84. The summed E-state index contributed by atoms with van der Waals surface area (Å²) in [6, 6.07) is 6.76. The fourth-order valence-corrected chi connectivity index (χ4v) is 4.16. The number of aliphatic carboxylic acids is 1. The molecule has 28 heavy (non-hydrogen) atoms. The predicted octanol–water partition coefficient (Wildman–Crippen LogP) is 3.92. The van der Waals surface area contributed by atoms with Crippen LogP contribution >= 0.6 is 0 Å². The molecule has 0 saturated heterocycles. The Labute approximate surface area is 163 Å². The van der Waals surface area contributed by atoms with Crippen molar-refractivity contribution in [1.82, 2.24) is 9.55 Å². The molecular weight excluding hydrogens is 366 g/mol. The summed E-state index contributed by atoms with van der Waals surface area (Å²) in [6.45, 7) is 2.73. The number of unbranched alkanes of at least 4 members (excludes halogenated alkanes) is 1. The predicted molar refractivity (Wildman–Crippen MR) is 100 cm³/mol. The third-order valence-corrected chi connectivity index (χ3v) is 5.77. The van der Waals surface area contributed by atoms with Crippen molar-refractivity contribution >= 4 is 5.97 Å². The van der Waals surface area contributed by atoms with Gasteiger partial charge in [-0.15, -0.1) is 0 Å². The first-order chi connectivity index (χ1) is 13.2. The van der Waals surface area contributed by atoms with E-state index in [1.54, 1.807) is 30.5 Å². The maximum Gasteiger partial charge on any atom is 0.340 e. The molecule has 1 heterocycles. The third kappa shape index (κ3) is 4.09. The Morgan fingerprint density at radius 2 is 2.11 bits per heavy atom. The molecule has 0 aliphatic heterocycles. The number of hydrogen-bond donors (Lipinski definition) is 2. The van der Waals surface area contributed by atoms with Crippen LogP contribution in [0, 0.1) is 12.8 Å². The molecule has 1 aromatic heterocycles. The second kappa shape index (κ2) is 7.99. The van der Waals surface area contributed by atoms with E-state index in [0.29, 0.717) is 12.0 Å². The highest BCUT2D eigenvalue weighted by molar-refractivity contribution is 5.80. The van der Waals surface area contributed by atoms with Crippen molar-refractivity contribution < 1.29 is 23.8 Å². The summed E-state index contributed by atoms with van der Waals surface area (Å²) in [5, 5.41) is 20.8. The average molecular weight is 392 g/mol. The lowest BCUT2D eigenvalue weighted by Crippen LogP contribution is -2.43. The number of halogens is 2. The van der Waals surface area contributed by atoms with Crippen LogP contribution in [0.15, 0.2) is 36.7 Å². The zero-order valence-corrected chi connectivity index (χ0v) is 15.9. The van der Waals surface area contributed by atoms with E-state index in [0.717, 1.165) is 25.2 Å². The number of alkyl halides is 2. The zero-order chi connectivity index (χ0) is 20.4. The first-order valence-corrected chi connectivity index (χ1v) is 9.64. The molecule has 3 rings (SSSR count). The van der Waals surface area contributed by atoms with Crippen LogP contribution in [-0.4, -0.2) is 31.7 Å². The molecule has 2 N–H and O–H groups in total. The average Bonchev–Trinajstić information content (AvgIpc) is 3.23. The fraction of sp³-hybridized carbons (Fsp3) is 0.524. The minimum absolute atomic E-state index is 0.00988. The summed E-state index contributed by atoms with van der Waals surface area (Å²) in [5.41, 5.74) is -1.36. The molecule has 1 aromatic carbocycles. The van der Waals surface area contributed by atoms with Gasteiger partial charge >= 0.3 is 5.97 Å². The van der Waals surface area contributed by atoms with Gasteiger partial charge in [0.2, 0.25) is 5.92 Å². The molecule has 1 saturated carbocycles. The van der Waals surface area contributed by atoms with Crippen LogP contribution in [0.25, 0.3) is 0 Å². The van der Waals surface area contributed by atoms with Crippen molar-refractivity contribution in [2.75, 3.05) is 0 Å². The third-order valence-electron chi connectivity index (χ3n) is 5.77. The van der Waals surface area contributed by atoms with Crippen molar-refractivity contribution in [3.63, 3.8) is 0 Å². The smallest absolute Gasteiger partial charge is 0.340 e. The molecule has 5 nitrogen and oxygen atoms in total. The van der Waals surface area contributed by atoms with Gasteiger partial charge in [0, 0.05) is 37.7 Å². The summed E-state index contributed by atoms with van der Waals surface area (Å²) >= 11 is 0. The second-order valence-electron chi connectivity index (χ2n) is 7.65. The minimum Gasteiger partial charge on any atom is -0.479 e. The summed E-state index contributed by atoms with van der Waals surface area (Å²) < 4.78 is 29.5. The monoisotopic (exact) mass is 392 g/mol. The standard InChI is InChI=1S/C21H26F2N2O3/c1-15-24-11-13-25(15)12-5-4-7-16-6-2-3-8-18(16)21(28,19(26)27)17-9-10-20(22,23)14-17/h2-3,6,8,11,13,17,28H,4-5,7,9-10,12,14H2,1H3,(H,26,27)/t17-,21-/m1/s1. The van der Waals surface area contributed by atoms with E-state index in [9.17, 15) is 23.8 Å². The molecular formula is C21H26F2N2O3. The van der Waals surface area contributed by atoms with Gasteiger partial charge in [-0.2, -0.15) is 0 Å². The molecule has 0 bridgehead atoms. The summed E-state index contributed by atoms with van der Waals surface area (Å²) in [5.74, 6) is -4.46. The van der Waals surface area contributed by atoms with Gasteiger partial charge in [0.05, 0.1) is 0 Å². The van der Waals surface area contributed by atoms with Crippen LogP contribution in [0.1, 0.15) is 49.1 Å². The number of carboxylic acid groups (broad SMARTS) is 1. The number of aryl methyl sites for hydroxylation is 3. The number of nitrogens with zero attached hydrogens (tertiary/aromatic N) is 2.